The molecule has 0 aliphatic carbocycles. The van der Waals surface area contributed by atoms with E-state index in [-0.39, 0.29) is 46.6 Å². The molecule has 0 spiro atoms. The van der Waals surface area contributed by atoms with Crippen molar-refractivity contribution in [3.63, 3.8) is 0 Å². The fraction of sp³-hybridized carbons (Fsp3) is 0.800. The van der Waals surface area contributed by atoms with Crippen molar-refractivity contribution in [2.75, 3.05) is 6.61 Å². The Morgan fingerprint density at radius 3 is 2.00 bits per heavy atom. The standard InChI is InChI=1S/C5H11O.BrH.Mg/c1-3-5(2)4-6;;/h5-6H,1,3-4H2,2H3;1H;/q-1;;+2/p-1. The predicted molar refractivity (Wildman–Crippen MR) is 32.0 cm³/mol. The van der Waals surface area contributed by atoms with Crippen LogP contribution in [0.2, 0.25) is 0 Å². The van der Waals surface area contributed by atoms with Crippen LogP contribution in [0.3, 0.4) is 0 Å². The zero-order valence-corrected chi connectivity index (χ0v) is 8.23. The minimum atomic E-state index is 0. The maximum atomic E-state index is 8.29. The Balaban J connectivity index is -0.000000125. The number of hydrogen-bond donors (Lipinski definition) is 1. The van der Waals surface area contributed by atoms with Crippen LogP contribution in [0.25, 0.3) is 0 Å². The van der Waals surface area contributed by atoms with E-state index >= 15 is 0 Å². The van der Waals surface area contributed by atoms with Crippen LogP contribution >= 0.6 is 0 Å². The number of aliphatic hydroxyl groups is 1. The van der Waals surface area contributed by atoms with Crippen molar-refractivity contribution in [2.24, 2.45) is 5.92 Å². The molecule has 0 radical (unpaired) electrons. The summed E-state index contributed by atoms with van der Waals surface area (Å²) in [4.78, 5) is 0. The molecule has 1 unspecified atom stereocenters. The first-order valence-corrected chi connectivity index (χ1v) is 2.21. The summed E-state index contributed by atoms with van der Waals surface area (Å²) in [5.74, 6) is 0.380. The van der Waals surface area contributed by atoms with Gasteiger partial charge in [-0.25, -0.2) is 0 Å². The van der Waals surface area contributed by atoms with Crippen molar-refractivity contribution in [3.8, 4) is 0 Å². The number of hydrogen-bond acceptors (Lipinski definition) is 1. The quantitative estimate of drug-likeness (QED) is 0.377. The molecule has 0 saturated heterocycles. The molecular weight excluding hydrogens is 180 g/mol. The average molecular weight is 191 g/mol. The predicted octanol–water partition coefficient (Wildman–Crippen LogP) is -2.54. The third-order valence-electron chi connectivity index (χ3n) is 0.804. The molecular formula is C5H11BrMgO. The van der Waals surface area contributed by atoms with Gasteiger partial charge in [-0.2, -0.15) is 6.42 Å². The van der Waals surface area contributed by atoms with Gasteiger partial charge in [0.2, 0.25) is 0 Å². The van der Waals surface area contributed by atoms with E-state index < -0.39 is 0 Å². The van der Waals surface area contributed by atoms with Gasteiger partial charge >= 0.3 is 23.1 Å². The van der Waals surface area contributed by atoms with Crippen LogP contribution < -0.4 is 17.0 Å². The van der Waals surface area contributed by atoms with Gasteiger partial charge < -0.3 is 29.0 Å². The van der Waals surface area contributed by atoms with Crippen molar-refractivity contribution in [1.82, 2.24) is 0 Å². The Morgan fingerprint density at radius 2 is 2.00 bits per heavy atom. The van der Waals surface area contributed by atoms with Crippen molar-refractivity contribution < 1.29 is 22.1 Å². The van der Waals surface area contributed by atoms with Crippen molar-refractivity contribution >= 4 is 23.1 Å². The molecule has 0 aromatic carbocycles. The molecule has 0 heterocycles. The first kappa shape index (κ1) is 16.1. The smallest absolute Gasteiger partial charge is 1.00 e. The van der Waals surface area contributed by atoms with E-state index in [1.54, 1.807) is 0 Å². The van der Waals surface area contributed by atoms with Crippen molar-refractivity contribution in [3.05, 3.63) is 6.92 Å². The molecule has 0 amide bonds. The van der Waals surface area contributed by atoms with E-state index in [9.17, 15) is 0 Å². The Labute approximate surface area is 77.8 Å². The zero-order chi connectivity index (χ0) is 4.99. The second-order valence-corrected chi connectivity index (χ2v) is 1.58. The molecule has 0 aliphatic rings. The molecule has 0 fully saturated rings. The number of halogens is 1. The van der Waals surface area contributed by atoms with Gasteiger partial charge in [0.1, 0.15) is 0 Å². The molecule has 0 aromatic heterocycles. The maximum absolute atomic E-state index is 8.29. The number of aliphatic hydroxyl groups excluding tert-OH is 1. The van der Waals surface area contributed by atoms with E-state index in [1.165, 1.54) is 0 Å². The first-order chi connectivity index (χ1) is 2.81. The molecule has 1 N–H and O–H groups in total. The Hall–Kier alpha value is 1.21. The van der Waals surface area contributed by atoms with Crippen LogP contribution in [0, 0.1) is 12.8 Å². The Bertz CT molecular complexity index is 31.6. The summed E-state index contributed by atoms with van der Waals surface area (Å²) in [5.41, 5.74) is 0. The molecule has 0 saturated carbocycles. The summed E-state index contributed by atoms with van der Waals surface area (Å²) in [7, 11) is 0. The van der Waals surface area contributed by atoms with E-state index in [2.05, 4.69) is 6.92 Å². The minimum absolute atomic E-state index is 0. The van der Waals surface area contributed by atoms with Crippen LogP contribution in [-0.2, 0) is 0 Å². The third-order valence-corrected chi connectivity index (χ3v) is 0.804. The molecule has 0 bridgehead atoms. The van der Waals surface area contributed by atoms with E-state index in [0.29, 0.717) is 5.92 Å². The van der Waals surface area contributed by atoms with Gasteiger partial charge in [-0.15, -0.1) is 0 Å². The molecule has 0 aromatic rings. The van der Waals surface area contributed by atoms with Gasteiger partial charge in [-0.05, 0) is 5.92 Å². The molecule has 1 atom stereocenters. The normalized spacial score (nSPS) is 10.9. The summed E-state index contributed by atoms with van der Waals surface area (Å²) >= 11 is 0. The van der Waals surface area contributed by atoms with Gasteiger partial charge in [0, 0.05) is 6.61 Å². The van der Waals surface area contributed by atoms with Crippen LogP contribution in [0.4, 0.5) is 0 Å². The first-order valence-electron chi connectivity index (χ1n) is 2.21. The van der Waals surface area contributed by atoms with Crippen LogP contribution in [0.1, 0.15) is 13.3 Å². The molecule has 1 nitrogen and oxygen atoms in total. The van der Waals surface area contributed by atoms with Crippen LogP contribution in [-0.4, -0.2) is 34.8 Å². The number of rotatable bonds is 2. The van der Waals surface area contributed by atoms with Gasteiger partial charge in [-0.3, -0.25) is 0 Å². The maximum Gasteiger partial charge on any atom is 2.00 e. The molecule has 0 rings (SSSR count). The molecule has 3 heteroatoms. The third kappa shape index (κ3) is 10.2. The van der Waals surface area contributed by atoms with E-state index in [0.717, 1.165) is 6.42 Å². The Morgan fingerprint density at radius 1 is 1.62 bits per heavy atom. The minimum Gasteiger partial charge on any atom is -1.00 e. The van der Waals surface area contributed by atoms with Crippen molar-refractivity contribution in [1.29, 1.82) is 0 Å². The monoisotopic (exact) mass is 190 g/mol. The van der Waals surface area contributed by atoms with Crippen LogP contribution in [0.15, 0.2) is 0 Å². The summed E-state index contributed by atoms with van der Waals surface area (Å²) in [6, 6.07) is 0. The van der Waals surface area contributed by atoms with Crippen molar-refractivity contribution in [2.45, 2.75) is 13.3 Å². The van der Waals surface area contributed by atoms with Gasteiger partial charge in [0.25, 0.3) is 0 Å². The summed E-state index contributed by atoms with van der Waals surface area (Å²) in [6.45, 7) is 5.83. The second kappa shape index (κ2) is 11.1. The molecule has 0 aliphatic heterocycles. The molecule has 46 valence electrons. The Kier molecular flexibility index (Phi) is 22.3. The molecule has 8 heavy (non-hydrogen) atoms. The van der Waals surface area contributed by atoms with Gasteiger partial charge in [0.15, 0.2) is 0 Å². The zero-order valence-electron chi connectivity index (χ0n) is 5.23. The summed E-state index contributed by atoms with van der Waals surface area (Å²) in [5, 5.41) is 8.29. The SMILES string of the molecule is [Br-].[CH2-]CC(C)CO.[Mg+2]. The average Bonchev–Trinajstić information content (AvgIpc) is 1.65. The van der Waals surface area contributed by atoms with E-state index in [1.807, 2.05) is 6.92 Å². The van der Waals surface area contributed by atoms with Gasteiger partial charge in [0.05, 0.1) is 0 Å². The topological polar surface area (TPSA) is 20.2 Å². The van der Waals surface area contributed by atoms with Gasteiger partial charge in [-0.1, -0.05) is 6.92 Å². The largest absolute Gasteiger partial charge is 2.00 e. The van der Waals surface area contributed by atoms with Crippen LogP contribution in [0.5, 0.6) is 0 Å². The summed E-state index contributed by atoms with van der Waals surface area (Å²) in [6.07, 6.45) is 0.830. The fourth-order valence-electron chi connectivity index (χ4n) is 0.0913. The fourth-order valence-corrected chi connectivity index (χ4v) is 0.0913. The van der Waals surface area contributed by atoms with E-state index in [4.69, 9.17) is 5.11 Å². The second-order valence-electron chi connectivity index (χ2n) is 1.58. The summed E-state index contributed by atoms with van der Waals surface area (Å²) < 4.78 is 0.